The van der Waals surface area contributed by atoms with Crippen LogP contribution < -0.4 is 5.32 Å². The lowest BCUT2D eigenvalue weighted by Crippen LogP contribution is -2.40. The standard InChI is InChI=1S/C17H23NO/c1-13-7-3-5-9-15(13)11-12-17(19)18-16-10-6-4-8-14(16)2/h3,5,7,9,11-12,14,16H,4,6,8,10H2,1-2H3,(H,18,19)/b12-11+/t14-,16+/m1/s1. The van der Waals surface area contributed by atoms with Crippen molar-refractivity contribution in [1.29, 1.82) is 0 Å². The summed E-state index contributed by atoms with van der Waals surface area (Å²) in [6.45, 7) is 4.29. The number of rotatable bonds is 3. The van der Waals surface area contributed by atoms with E-state index in [2.05, 4.69) is 25.2 Å². The lowest BCUT2D eigenvalue weighted by atomic mass is 9.86. The average molecular weight is 257 g/mol. The number of amides is 1. The Kier molecular flexibility index (Phi) is 4.78. The van der Waals surface area contributed by atoms with Crippen molar-refractivity contribution in [3.05, 3.63) is 41.5 Å². The van der Waals surface area contributed by atoms with Crippen molar-refractivity contribution >= 4 is 12.0 Å². The van der Waals surface area contributed by atoms with Crippen molar-refractivity contribution in [3.8, 4) is 0 Å². The number of aryl methyl sites for hydroxylation is 1. The van der Waals surface area contributed by atoms with Crippen molar-refractivity contribution in [1.82, 2.24) is 5.32 Å². The van der Waals surface area contributed by atoms with Crippen LogP contribution in [0.4, 0.5) is 0 Å². The fraction of sp³-hybridized carbons (Fsp3) is 0.471. The van der Waals surface area contributed by atoms with E-state index in [4.69, 9.17) is 0 Å². The van der Waals surface area contributed by atoms with E-state index < -0.39 is 0 Å². The van der Waals surface area contributed by atoms with Gasteiger partial charge in [-0.1, -0.05) is 44.0 Å². The Hall–Kier alpha value is -1.57. The number of benzene rings is 1. The third-order valence-electron chi connectivity index (χ3n) is 4.04. The maximum absolute atomic E-state index is 11.9. The van der Waals surface area contributed by atoms with Gasteiger partial charge in [-0.3, -0.25) is 4.79 Å². The maximum Gasteiger partial charge on any atom is 0.244 e. The minimum absolute atomic E-state index is 0.0296. The van der Waals surface area contributed by atoms with Gasteiger partial charge in [-0.2, -0.15) is 0 Å². The average Bonchev–Trinajstić information content (AvgIpc) is 2.40. The normalized spacial score (nSPS) is 23.5. The molecular formula is C17H23NO. The molecule has 1 aliphatic carbocycles. The predicted molar refractivity (Wildman–Crippen MR) is 79.8 cm³/mol. The number of hydrogen-bond donors (Lipinski definition) is 1. The molecule has 0 spiro atoms. The molecular weight excluding hydrogens is 234 g/mol. The number of carbonyl (C=O) groups excluding carboxylic acids is 1. The van der Waals surface area contributed by atoms with Gasteiger partial charge in [-0.15, -0.1) is 0 Å². The molecule has 0 aromatic heterocycles. The Morgan fingerprint density at radius 1 is 1.26 bits per heavy atom. The van der Waals surface area contributed by atoms with Gasteiger partial charge in [0.15, 0.2) is 0 Å². The third-order valence-corrected chi connectivity index (χ3v) is 4.04. The summed E-state index contributed by atoms with van der Waals surface area (Å²) in [5.41, 5.74) is 2.30. The molecule has 0 heterocycles. The molecule has 1 aromatic rings. The van der Waals surface area contributed by atoms with Gasteiger partial charge < -0.3 is 5.32 Å². The first-order chi connectivity index (χ1) is 9.16. The van der Waals surface area contributed by atoms with Gasteiger partial charge in [-0.05, 0) is 42.9 Å². The Bertz CT molecular complexity index is 464. The molecule has 102 valence electrons. The van der Waals surface area contributed by atoms with Crippen LogP contribution in [0.25, 0.3) is 6.08 Å². The number of hydrogen-bond acceptors (Lipinski definition) is 1. The first-order valence-corrected chi connectivity index (χ1v) is 7.21. The molecule has 2 atom stereocenters. The van der Waals surface area contributed by atoms with Crippen LogP contribution in [0.2, 0.25) is 0 Å². The summed E-state index contributed by atoms with van der Waals surface area (Å²) in [6.07, 6.45) is 8.43. The van der Waals surface area contributed by atoms with E-state index in [0.29, 0.717) is 12.0 Å². The zero-order valence-electron chi connectivity index (χ0n) is 11.9. The van der Waals surface area contributed by atoms with Crippen LogP contribution in [0.5, 0.6) is 0 Å². The zero-order chi connectivity index (χ0) is 13.7. The molecule has 2 nitrogen and oxygen atoms in total. The zero-order valence-corrected chi connectivity index (χ0v) is 11.9. The summed E-state index contributed by atoms with van der Waals surface area (Å²) in [5, 5.41) is 3.13. The second-order valence-electron chi connectivity index (χ2n) is 5.57. The fourth-order valence-electron chi connectivity index (χ4n) is 2.70. The van der Waals surface area contributed by atoms with E-state index >= 15 is 0 Å². The molecule has 1 aromatic carbocycles. The molecule has 1 saturated carbocycles. The molecule has 0 saturated heterocycles. The highest BCUT2D eigenvalue weighted by atomic mass is 16.1. The first kappa shape index (κ1) is 13.9. The van der Waals surface area contributed by atoms with E-state index in [1.54, 1.807) is 6.08 Å². The van der Waals surface area contributed by atoms with Gasteiger partial charge in [-0.25, -0.2) is 0 Å². The Labute approximate surface area is 115 Å². The summed E-state index contributed by atoms with van der Waals surface area (Å²) < 4.78 is 0. The van der Waals surface area contributed by atoms with Crippen molar-refractivity contribution in [2.75, 3.05) is 0 Å². The van der Waals surface area contributed by atoms with E-state index in [1.165, 1.54) is 24.8 Å². The molecule has 1 fully saturated rings. The third kappa shape index (κ3) is 3.95. The van der Waals surface area contributed by atoms with Crippen molar-refractivity contribution in [2.24, 2.45) is 5.92 Å². The van der Waals surface area contributed by atoms with Gasteiger partial charge in [0.2, 0.25) is 5.91 Å². The minimum Gasteiger partial charge on any atom is -0.350 e. The van der Waals surface area contributed by atoms with Crippen LogP contribution in [0, 0.1) is 12.8 Å². The number of nitrogens with one attached hydrogen (secondary N) is 1. The SMILES string of the molecule is Cc1ccccc1/C=C/C(=O)N[C@H]1CCCC[C@H]1C. The van der Waals surface area contributed by atoms with Crippen molar-refractivity contribution < 1.29 is 4.79 Å². The summed E-state index contributed by atoms with van der Waals surface area (Å²) >= 11 is 0. The molecule has 2 heteroatoms. The Morgan fingerprint density at radius 2 is 2.00 bits per heavy atom. The van der Waals surface area contributed by atoms with Crippen LogP contribution in [0.3, 0.4) is 0 Å². The largest absolute Gasteiger partial charge is 0.350 e. The molecule has 0 aliphatic heterocycles. The van der Waals surface area contributed by atoms with Crippen molar-refractivity contribution in [3.63, 3.8) is 0 Å². The monoisotopic (exact) mass is 257 g/mol. The molecule has 0 unspecified atom stereocenters. The second kappa shape index (κ2) is 6.55. The van der Waals surface area contributed by atoms with Crippen LogP contribution in [-0.2, 0) is 4.79 Å². The van der Waals surface area contributed by atoms with Crippen LogP contribution in [-0.4, -0.2) is 11.9 Å². The topological polar surface area (TPSA) is 29.1 Å². The van der Waals surface area contributed by atoms with Gasteiger partial charge in [0.1, 0.15) is 0 Å². The van der Waals surface area contributed by atoms with Crippen LogP contribution in [0.15, 0.2) is 30.3 Å². The highest BCUT2D eigenvalue weighted by Gasteiger charge is 2.21. The van der Waals surface area contributed by atoms with E-state index in [1.807, 2.05) is 24.3 Å². The fourth-order valence-corrected chi connectivity index (χ4v) is 2.70. The van der Waals surface area contributed by atoms with E-state index in [-0.39, 0.29) is 5.91 Å². The highest BCUT2D eigenvalue weighted by molar-refractivity contribution is 5.92. The van der Waals surface area contributed by atoms with E-state index in [0.717, 1.165) is 12.0 Å². The van der Waals surface area contributed by atoms with E-state index in [9.17, 15) is 4.79 Å². The molecule has 1 N–H and O–H groups in total. The van der Waals surface area contributed by atoms with Crippen LogP contribution >= 0.6 is 0 Å². The van der Waals surface area contributed by atoms with Gasteiger partial charge >= 0.3 is 0 Å². The van der Waals surface area contributed by atoms with Gasteiger partial charge in [0, 0.05) is 12.1 Å². The smallest absolute Gasteiger partial charge is 0.244 e. The first-order valence-electron chi connectivity index (χ1n) is 7.21. The molecule has 0 bridgehead atoms. The Morgan fingerprint density at radius 3 is 2.74 bits per heavy atom. The summed E-state index contributed by atoms with van der Waals surface area (Å²) in [4.78, 5) is 11.9. The summed E-state index contributed by atoms with van der Waals surface area (Å²) in [6, 6.07) is 8.44. The molecule has 19 heavy (non-hydrogen) atoms. The second-order valence-corrected chi connectivity index (χ2v) is 5.57. The molecule has 1 aliphatic rings. The minimum atomic E-state index is 0.0296. The molecule has 0 radical (unpaired) electrons. The maximum atomic E-state index is 11.9. The summed E-state index contributed by atoms with van der Waals surface area (Å²) in [5.74, 6) is 0.631. The highest BCUT2D eigenvalue weighted by Crippen LogP contribution is 2.23. The van der Waals surface area contributed by atoms with Gasteiger partial charge in [0.05, 0.1) is 0 Å². The lowest BCUT2D eigenvalue weighted by molar-refractivity contribution is -0.117. The predicted octanol–water partition coefficient (Wildman–Crippen LogP) is 3.70. The summed E-state index contributed by atoms with van der Waals surface area (Å²) in [7, 11) is 0. The van der Waals surface area contributed by atoms with Crippen LogP contribution in [0.1, 0.15) is 43.7 Å². The lowest BCUT2D eigenvalue weighted by Gasteiger charge is -2.29. The van der Waals surface area contributed by atoms with Crippen molar-refractivity contribution in [2.45, 2.75) is 45.6 Å². The number of carbonyl (C=O) groups is 1. The molecule has 2 rings (SSSR count). The molecule has 1 amide bonds. The van der Waals surface area contributed by atoms with Gasteiger partial charge in [0.25, 0.3) is 0 Å². The Balaban J connectivity index is 1.92. The quantitative estimate of drug-likeness (QED) is 0.822.